The average molecular weight is 375 g/mol. The zero-order chi connectivity index (χ0) is 19.3. The topological polar surface area (TPSA) is 78.2 Å². The molecule has 6 nitrogen and oxygen atoms in total. The number of aliphatic imine (C=N–C) groups is 1. The Hall–Kier alpha value is -3.28. The third kappa shape index (κ3) is 3.86. The molecule has 0 aliphatic carbocycles. The molecule has 28 heavy (non-hydrogen) atoms. The molecule has 0 amide bonds. The van der Waals surface area contributed by atoms with E-state index in [1.807, 2.05) is 42.5 Å². The summed E-state index contributed by atoms with van der Waals surface area (Å²) in [6.07, 6.45) is 0.794. The normalized spacial score (nSPS) is 12.0. The lowest BCUT2D eigenvalue weighted by atomic mass is 10.1. The number of imidazole rings is 1. The molecule has 0 saturated carbocycles. The minimum Gasteiger partial charge on any atom is -0.459 e. The zero-order valence-corrected chi connectivity index (χ0v) is 16.2. The lowest BCUT2D eigenvalue weighted by Gasteiger charge is -2.10. The van der Waals surface area contributed by atoms with Crippen molar-refractivity contribution in [1.82, 2.24) is 20.6 Å². The molecule has 6 heteroatoms. The van der Waals surface area contributed by atoms with Crippen LogP contribution in [0.5, 0.6) is 0 Å². The Balaban J connectivity index is 1.40. The second-order valence-electron chi connectivity index (χ2n) is 6.72. The van der Waals surface area contributed by atoms with Crippen LogP contribution in [0, 0.1) is 6.92 Å². The molecule has 0 spiro atoms. The molecule has 4 rings (SSSR count). The molecule has 3 N–H and O–H groups in total. The Kier molecular flexibility index (Phi) is 5.28. The van der Waals surface area contributed by atoms with Gasteiger partial charge in [0, 0.05) is 30.5 Å². The van der Waals surface area contributed by atoms with E-state index >= 15 is 0 Å². The number of fused-ring (bicyclic) bond motifs is 2. The maximum Gasteiger partial charge on any atom is 0.191 e. The molecule has 0 atom stereocenters. The number of hydrogen-bond donors (Lipinski definition) is 3. The highest BCUT2D eigenvalue weighted by Crippen LogP contribution is 2.25. The molecule has 2 aromatic carbocycles. The van der Waals surface area contributed by atoms with Gasteiger partial charge in [0.1, 0.15) is 23.7 Å². The fraction of sp³-hybridized carbons (Fsp3) is 0.273. The van der Waals surface area contributed by atoms with Crippen LogP contribution in [0.3, 0.4) is 0 Å². The molecule has 0 radical (unpaired) electrons. The number of furan rings is 1. The van der Waals surface area contributed by atoms with Gasteiger partial charge in [0.05, 0.1) is 11.0 Å². The Morgan fingerprint density at radius 3 is 2.75 bits per heavy atom. The Morgan fingerprint density at radius 2 is 1.93 bits per heavy atom. The summed E-state index contributed by atoms with van der Waals surface area (Å²) in [5.74, 6) is 2.65. The number of aromatic amines is 1. The Bertz CT molecular complexity index is 1080. The molecule has 0 bridgehead atoms. The standard InChI is InChI=1S/C22H25N5O/c1-3-23-22(24-13-12-21-26-17-9-5-6-10-18(17)27-21)25-14-20-15(2)16-8-4-7-11-19(16)28-20/h4-11H,3,12-14H2,1-2H3,(H,26,27)(H2,23,24,25). The van der Waals surface area contributed by atoms with E-state index in [1.54, 1.807) is 0 Å². The molecular formula is C22H25N5O. The van der Waals surface area contributed by atoms with Crippen LogP contribution >= 0.6 is 0 Å². The fourth-order valence-electron chi connectivity index (χ4n) is 3.29. The third-order valence-electron chi connectivity index (χ3n) is 4.76. The highest BCUT2D eigenvalue weighted by Gasteiger charge is 2.09. The number of nitrogens with one attached hydrogen (secondary N) is 3. The smallest absolute Gasteiger partial charge is 0.191 e. The Morgan fingerprint density at radius 1 is 1.11 bits per heavy atom. The van der Waals surface area contributed by atoms with Crippen molar-refractivity contribution in [1.29, 1.82) is 0 Å². The van der Waals surface area contributed by atoms with E-state index < -0.39 is 0 Å². The van der Waals surface area contributed by atoms with E-state index in [0.717, 1.165) is 64.6 Å². The number of aryl methyl sites for hydroxylation is 1. The first-order valence-electron chi connectivity index (χ1n) is 9.67. The predicted octanol–water partition coefficient (Wildman–Crippen LogP) is 3.92. The van der Waals surface area contributed by atoms with Gasteiger partial charge in [-0.3, -0.25) is 0 Å². The van der Waals surface area contributed by atoms with Gasteiger partial charge >= 0.3 is 0 Å². The van der Waals surface area contributed by atoms with Crippen molar-refractivity contribution >= 4 is 28.0 Å². The van der Waals surface area contributed by atoms with Crippen LogP contribution in [0.1, 0.15) is 24.1 Å². The van der Waals surface area contributed by atoms with Gasteiger partial charge in [-0.1, -0.05) is 30.3 Å². The lowest BCUT2D eigenvalue weighted by Crippen LogP contribution is -2.38. The van der Waals surface area contributed by atoms with Crippen LogP contribution in [-0.2, 0) is 13.0 Å². The second kappa shape index (κ2) is 8.17. The van der Waals surface area contributed by atoms with Crippen LogP contribution in [0.25, 0.3) is 22.0 Å². The summed E-state index contributed by atoms with van der Waals surface area (Å²) in [4.78, 5) is 12.7. The average Bonchev–Trinajstić information content (AvgIpc) is 3.27. The van der Waals surface area contributed by atoms with Crippen molar-refractivity contribution in [2.75, 3.05) is 13.1 Å². The summed E-state index contributed by atoms with van der Waals surface area (Å²) in [6.45, 7) is 6.18. The number of guanidine groups is 1. The van der Waals surface area contributed by atoms with Gasteiger partial charge in [-0.25, -0.2) is 9.98 Å². The quantitative estimate of drug-likeness (QED) is 0.353. The maximum absolute atomic E-state index is 5.96. The van der Waals surface area contributed by atoms with Gasteiger partial charge in [0.15, 0.2) is 5.96 Å². The highest BCUT2D eigenvalue weighted by atomic mass is 16.3. The second-order valence-corrected chi connectivity index (χ2v) is 6.72. The number of H-pyrrole nitrogens is 1. The van der Waals surface area contributed by atoms with Crippen LogP contribution in [0.4, 0.5) is 0 Å². The molecule has 2 aromatic heterocycles. The van der Waals surface area contributed by atoms with Gasteiger partial charge in [0.25, 0.3) is 0 Å². The number of rotatable bonds is 6. The maximum atomic E-state index is 5.96. The number of hydrogen-bond acceptors (Lipinski definition) is 3. The first kappa shape index (κ1) is 18.1. The van der Waals surface area contributed by atoms with Gasteiger partial charge in [-0.05, 0) is 32.0 Å². The summed E-state index contributed by atoms with van der Waals surface area (Å²) < 4.78 is 5.96. The SMILES string of the molecule is CCNC(=NCc1oc2ccccc2c1C)NCCc1nc2ccccc2[nH]1. The van der Waals surface area contributed by atoms with E-state index in [4.69, 9.17) is 4.42 Å². The molecule has 144 valence electrons. The molecule has 0 aliphatic heterocycles. The van der Waals surface area contributed by atoms with E-state index in [9.17, 15) is 0 Å². The fourth-order valence-corrected chi connectivity index (χ4v) is 3.29. The molecule has 0 saturated heterocycles. The molecule has 0 aliphatic rings. The number of aromatic nitrogens is 2. The molecule has 0 unspecified atom stereocenters. The van der Waals surface area contributed by atoms with Crippen molar-refractivity contribution < 1.29 is 4.42 Å². The third-order valence-corrected chi connectivity index (χ3v) is 4.76. The van der Waals surface area contributed by atoms with Crippen molar-refractivity contribution in [3.8, 4) is 0 Å². The number of nitrogens with zero attached hydrogens (tertiary/aromatic N) is 2. The van der Waals surface area contributed by atoms with Crippen LogP contribution in [0.2, 0.25) is 0 Å². The molecule has 2 heterocycles. The molecule has 4 aromatic rings. The van der Waals surface area contributed by atoms with Gasteiger partial charge in [-0.2, -0.15) is 0 Å². The van der Waals surface area contributed by atoms with Crippen LogP contribution < -0.4 is 10.6 Å². The largest absolute Gasteiger partial charge is 0.459 e. The van der Waals surface area contributed by atoms with Crippen LogP contribution in [-0.4, -0.2) is 29.0 Å². The summed E-state index contributed by atoms with van der Waals surface area (Å²) in [6, 6.07) is 16.2. The van der Waals surface area contributed by atoms with E-state index in [-0.39, 0.29) is 0 Å². The van der Waals surface area contributed by atoms with Gasteiger partial charge < -0.3 is 20.0 Å². The van der Waals surface area contributed by atoms with Crippen molar-refractivity contribution in [3.05, 3.63) is 65.7 Å². The molecule has 0 fully saturated rings. The summed E-state index contributed by atoms with van der Waals surface area (Å²) in [5, 5.41) is 7.81. The van der Waals surface area contributed by atoms with Crippen molar-refractivity contribution in [2.24, 2.45) is 4.99 Å². The van der Waals surface area contributed by atoms with Crippen molar-refractivity contribution in [3.63, 3.8) is 0 Å². The first-order chi connectivity index (χ1) is 13.7. The van der Waals surface area contributed by atoms with Gasteiger partial charge in [-0.15, -0.1) is 0 Å². The predicted molar refractivity (Wildman–Crippen MR) is 114 cm³/mol. The lowest BCUT2D eigenvalue weighted by molar-refractivity contribution is 0.548. The van der Waals surface area contributed by atoms with Crippen molar-refractivity contribution in [2.45, 2.75) is 26.8 Å². The summed E-state index contributed by atoms with van der Waals surface area (Å²) >= 11 is 0. The highest BCUT2D eigenvalue weighted by molar-refractivity contribution is 5.82. The van der Waals surface area contributed by atoms with E-state index in [2.05, 4.69) is 45.5 Å². The minimum absolute atomic E-state index is 0.500. The van der Waals surface area contributed by atoms with Gasteiger partial charge in [0.2, 0.25) is 0 Å². The molecular weight excluding hydrogens is 350 g/mol. The zero-order valence-electron chi connectivity index (χ0n) is 16.2. The number of para-hydroxylation sites is 3. The van der Waals surface area contributed by atoms with Crippen LogP contribution in [0.15, 0.2) is 57.9 Å². The monoisotopic (exact) mass is 375 g/mol. The summed E-state index contributed by atoms with van der Waals surface area (Å²) in [5.41, 5.74) is 4.13. The summed E-state index contributed by atoms with van der Waals surface area (Å²) in [7, 11) is 0. The van der Waals surface area contributed by atoms with E-state index in [1.165, 1.54) is 0 Å². The first-order valence-corrected chi connectivity index (χ1v) is 9.67. The Labute approximate surface area is 164 Å². The van der Waals surface area contributed by atoms with E-state index in [0.29, 0.717) is 6.54 Å². The number of benzene rings is 2. The minimum atomic E-state index is 0.500.